The second-order valence-corrected chi connectivity index (χ2v) is 6.20. The molecule has 0 fully saturated rings. The molecule has 2 N–H and O–H groups in total. The summed E-state index contributed by atoms with van der Waals surface area (Å²) in [6, 6.07) is 12.6. The summed E-state index contributed by atoms with van der Waals surface area (Å²) >= 11 is 0. The number of alkyl halides is 3. The normalized spacial score (nSPS) is 11.7. The molecule has 1 aromatic heterocycles. The quantitative estimate of drug-likeness (QED) is 0.570. The maximum absolute atomic E-state index is 12.2. The number of hydrogen-bond donors (Lipinski definition) is 2. The Bertz CT molecular complexity index is 890. The molecule has 27 heavy (non-hydrogen) atoms. The Kier molecular flexibility index (Phi) is 5.91. The predicted molar refractivity (Wildman–Crippen MR) is 98.3 cm³/mol. The number of ether oxygens (including phenoxy) is 2. The third-order valence-electron chi connectivity index (χ3n) is 4.18. The van der Waals surface area contributed by atoms with Crippen LogP contribution in [0.3, 0.4) is 0 Å². The Balaban J connectivity index is 1.50. The number of hydrogen-bond acceptors (Lipinski definition) is 3. The Labute approximate surface area is 155 Å². The molecule has 0 spiro atoms. The van der Waals surface area contributed by atoms with Gasteiger partial charge in [-0.1, -0.05) is 12.1 Å². The van der Waals surface area contributed by atoms with Gasteiger partial charge in [-0.05, 0) is 48.4 Å². The second-order valence-electron chi connectivity index (χ2n) is 6.20. The third-order valence-corrected chi connectivity index (χ3v) is 4.18. The van der Waals surface area contributed by atoms with Crippen molar-refractivity contribution in [3.05, 3.63) is 59.8 Å². The lowest BCUT2D eigenvalue weighted by Gasteiger charge is -2.10. The first-order chi connectivity index (χ1) is 12.9. The molecule has 7 heteroatoms. The number of aromatic nitrogens is 1. The molecule has 0 aliphatic heterocycles. The van der Waals surface area contributed by atoms with Crippen LogP contribution in [0.4, 0.5) is 13.2 Å². The van der Waals surface area contributed by atoms with E-state index in [-0.39, 0.29) is 5.75 Å². The Morgan fingerprint density at radius 2 is 1.93 bits per heavy atom. The van der Waals surface area contributed by atoms with Crippen LogP contribution >= 0.6 is 0 Å². The van der Waals surface area contributed by atoms with Gasteiger partial charge in [-0.2, -0.15) is 13.2 Å². The van der Waals surface area contributed by atoms with Gasteiger partial charge in [0.25, 0.3) is 0 Å². The number of benzene rings is 2. The van der Waals surface area contributed by atoms with Gasteiger partial charge >= 0.3 is 6.18 Å². The number of aromatic amines is 1. The van der Waals surface area contributed by atoms with Crippen LogP contribution in [-0.2, 0) is 13.0 Å². The second kappa shape index (κ2) is 8.35. The zero-order valence-corrected chi connectivity index (χ0v) is 14.9. The van der Waals surface area contributed by atoms with E-state index in [1.165, 1.54) is 11.6 Å². The molecule has 3 rings (SSSR count). The highest BCUT2D eigenvalue weighted by molar-refractivity contribution is 5.84. The first kappa shape index (κ1) is 19.1. The largest absolute Gasteiger partial charge is 0.497 e. The molecule has 0 unspecified atom stereocenters. The minimum Gasteiger partial charge on any atom is -0.497 e. The maximum atomic E-state index is 12.2. The lowest BCUT2D eigenvalue weighted by atomic mass is 10.1. The van der Waals surface area contributed by atoms with E-state index in [9.17, 15) is 13.2 Å². The Morgan fingerprint density at radius 3 is 2.70 bits per heavy atom. The number of halogens is 3. The minimum absolute atomic E-state index is 0.220. The van der Waals surface area contributed by atoms with Gasteiger partial charge in [-0.3, -0.25) is 0 Å². The van der Waals surface area contributed by atoms with E-state index in [0.717, 1.165) is 35.2 Å². The van der Waals surface area contributed by atoms with E-state index in [1.807, 2.05) is 30.5 Å². The van der Waals surface area contributed by atoms with Crippen LogP contribution in [0.25, 0.3) is 10.9 Å². The van der Waals surface area contributed by atoms with E-state index in [2.05, 4.69) is 10.3 Å². The van der Waals surface area contributed by atoms with Crippen molar-refractivity contribution in [2.75, 3.05) is 20.3 Å². The molecule has 0 aliphatic rings. The van der Waals surface area contributed by atoms with Crippen molar-refractivity contribution >= 4 is 10.9 Å². The van der Waals surface area contributed by atoms with Crippen molar-refractivity contribution in [2.24, 2.45) is 0 Å². The summed E-state index contributed by atoms with van der Waals surface area (Å²) in [5, 5.41) is 4.46. The van der Waals surface area contributed by atoms with Crippen LogP contribution < -0.4 is 14.8 Å². The van der Waals surface area contributed by atoms with Crippen molar-refractivity contribution in [3.63, 3.8) is 0 Å². The molecule has 144 valence electrons. The van der Waals surface area contributed by atoms with Gasteiger partial charge in [0.05, 0.1) is 7.11 Å². The van der Waals surface area contributed by atoms with E-state index in [1.54, 1.807) is 19.2 Å². The van der Waals surface area contributed by atoms with Crippen LogP contribution in [0.5, 0.6) is 11.5 Å². The molecule has 0 radical (unpaired) electrons. The summed E-state index contributed by atoms with van der Waals surface area (Å²) < 4.78 is 46.7. The van der Waals surface area contributed by atoms with Gasteiger partial charge < -0.3 is 19.8 Å². The standard InChI is InChI=1S/C20H21F3N2O2/c1-26-16-5-6-18-15(12-25-19(18)10-16)7-8-24-11-14-3-2-4-17(9-14)27-13-20(21,22)23/h2-6,9-10,12,24-25H,7-8,11,13H2,1H3. The van der Waals surface area contributed by atoms with E-state index in [4.69, 9.17) is 9.47 Å². The average molecular weight is 378 g/mol. The topological polar surface area (TPSA) is 46.3 Å². The fourth-order valence-corrected chi connectivity index (χ4v) is 2.87. The van der Waals surface area contributed by atoms with Crippen LogP contribution in [-0.4, -0.2) is 31.4 Å². The SMILES string of the molecule is COc1ccc2c(CCNCc3cccc(OCC(F)(F)F)c3)c[nH]c2c1. The van der Waals surface area contributed by atoms with Gasteiger partial charge in [0.15, 0.2) is 6.61 Å². The van der Waals surface area contributed by atoms with Crippen molar-refractivity contribution in [1.82, 2.24) is 10.3 Å². The first-order valence-electron chi connectivity index (χ1n) is 8.58. The summed E-state index contributed by atoms with van der Waals surface area (Å²) in [6.07, 6.45) is -1.52. The highest BCUT2D eigenvalue weighted by Gasteiger charge is 2.28. The summed E-state index contributed by atoms with van der Waals surface area (Å²) in [7, 11) is 1.64. The molecule has 0 saturated heterocycles. The number of nitrogens with one attached hydrogen (secondary N) is 2. The van der Waals surface area contributed by atoms with Gasteiger partial charge in [0.2, 0.25) is 0 Å². The molecule has 3 aromatic rings. The van der Waals surface area contributed by atoms with Crippen molar-refractivity contribution in [1.29, 1.82) is 0 Å². The zero-order chi connectivity index (χ0) is 19.3. The smallest absolute Gasteiger partial charge is 0.422 e. The molecule has 2 aromatic carbocycles. The maximum Gasteiger partial charge on any atom is 0.422 e. The van der Waals surface area contributed by atoms with Gasteiger partial charge in [0.1, 0.15) is 11.5 Å². The fourth-order valence-electron chi connectivity index (χ4n) is 2.87. The number of rotatable bonds is 8. The van der Waals surface area contributed by atoms with Crippen molar-refractivity contribution in [2.45, 2.75) is 19.1 Å². The zero-order valence-electron chi connectivity index (χ0n) is 14.9. The van der Waals surface area contributed by atoms with E-state index in [0.29, 0.717) is 6.54 Å². The number of fused-ring (bicyclic) bond motifs is 1. The lowest BCUT2D eigenvalue weighted by molar-refractivity contribution is -0.153. The first-order valence-corrected chi connectivity index (χ1v) is 8.58. The lowest BCUT2D eigenvalue weighted by Crippen LogP contribution is -2.19. The average Bonchev–Trinajstić information content (AvgIpc) is 3.05. The van der Waals surface area contributed by atoms with Gasteiger partial charge in [0, 0.05) is 29.7 Å². The van der Waals surface area contributed by atoms with Gasteiger partial charge in [-0.15, -0.1) is 0 Å². The van der Waals surface area contributed by atoms with Crippen LogP contribution in [0.15, 0.2) is 48.7 Å². The highest BCUT2D eigenvalue weighted by atomic mass is 19.4. The molecule has 0 atom stereocenters. The monoisotopic (exact) mass is 378 g/mol. The number of methoxy groups -OCH3 is 1. The fraction of sp³-hybridized carbons (Fsp3) is 0.300. The minimum atomic E-state index is -4.34. The molecule has 0 amide bonds. The molecule has 0 saturated carbocycles. The van der Waals surface area contributed by atoms with Crippen LogP contribution in [0.2, 0.25) is 0 Å². The number of H-pyrrole nitrogens is 1. The molecular weight excluding hydrogens is 357 g/mol. The Morgan fingerprint density at radius 1 is 1.07 bits per heavy atom. The Hall–Kier alpha value is -2.67. The predicted octanol–water partition coefficient (Wildman–Crippen LogP) is 4.45. The third kappa shape index (κ3) is 5.40. The van der Waals surface area contributed by atoms with Crippen LogP contribution in [0.1, 0.15) is 11.1 Å². The van der Waals surface area contributed by atoms with E-state index < -0.39 is 12.8 Å². The molecule has 0 bridgehead atoms. The summed E-state index contributed by atoms with van der Waals surface area (Å²) in [5.41, 5.74) is 3.10. The summed E-state index contributed by atoms with van der Waals surface area (Å²) in [4.78, 5) is 3.24. The summed E-state index contributed by atoms with van der Waals surface area (Å²) in [6.45, 7) is 0.0151. The van der Waals surface area contributed by atoms with Crippen molar-refractivity contribution < 1.29 is 22.6 Å². The molecule has 4 nitrogen and oxygen atoms in total. The molecule has 0 aliphatic carbocycles. The van der Waals surface area contributed by atoms with E-state index >= 15 is 0 Å². The van der Waals surface area contributed by atoms with Crippen molar-refractivity contribution in [3.8, 4) is 11.5 Å². The van der Waals surface area contributed by atoms with Gasteiger partial charge in [-0.25, -0.2) is 0 Å². The summed E-state index contributed by atoms with van der Waals surface area (Å²) in [5.74, 6) is 1.03. The molecular formula is C20H21F3N2O2. The molecule has 1 heterocycles. The highest BCUT2D eigenvalue weighted by Crippen LogP contribution is 2.23. The van der Waals surface area contributed by atoms with Crippen LogP contribution in [0, 0.1) is 0 Å².